The molecule has 0 spiro atoms. The van der Waals surface area contributed by atoms with Crippen LogP contribution >= 0.6 is 0 Å². The van der Waals surface area contributed by atoms with E-state index in [9.17, 15) is 13.2 Å². The fourth-order valence-corrected chi connectivity index (χ4v) is 4.74. The summed E-state index contributed by atoms with van der Waals surface area (Å²) in [5.41, 5.74) is 2.83. The Kier molecular flexibility index (Phi) is 4.36. The fraction of sp³-hybridized carbons (Fsp3) is 0.529. The van der Waals surface area contributed by atoms with Crippen molar-refractivity contribution in [1.29, 1.82) is 0 Å². The average molecular weight is 365 g/mol. The van der Waals surface area contributed by atoms with Crippen LogP contribution < -0.4 is 0 Å². The lowest BCUT2D eigenvalue weighted by molar-refractivity contribution is 0.0972. The fourth-order valence-electron chi connectivity index (χ4n) is 3.33. The van der Waals surface area contributed by atoms with Crippen molar-refractivity contribution in [2.45, 2.75) is 51.5 Å². The topological polar surface area (TPSA) is 85.4 Å². The van der Waals surface area contributed by atoms with E-state index in [4.69, 9.17) is 4.52 Å². The van der Waals surface area contributed by atoms with Crippen molar-refractivity contribution in [3.05, 3.63) is 34.5 Å². The molecule has 0 N–H and O–H groups in total. The molecule has 0 aromatic carbocycles. The number of carbonyl (C=O) groups is 1. The van der Waals surface area contributed by atoms with Crippen LogP contribution in [0.3, 0.4) is 0 Å². The minimum absolute atomic E-state index is 0.0336. The second kappa shape index (κ2) is 6.10. The number of aryl methyl sites for hydroxylation is 3. The van der Waals surface area contributed by atoms with Crippen LogP contribution in [-0.2, 0) is 10.0 Å². The van der Waals surface area contributed by atoms with E-state index in [0.29, 0.717) is 17.3 Å². The highest BCUT2D eigenvalue weighted by Gasteiger charge is 2.32. The molecule has 1 fully saturated rings. The SMILES string of the molecule is Cc1noc(C)c1S(=O)(=O)N(C)CC(=O)c1cc(C)n(C2CC2)c1C. The number of Topliss-reactive ketones (excluding diaryl/α,β-unsaturated/α-hetero) is 1. The first-order valence-corrected chi connectivity index (χ1v) is 9.69. The van der Waals surface area contributed by atoms with Crippen molar-refractivity contribution in [2.24, 2.45) is 0 Å². The second-order valence-electron chi connectivity index (χ2n) is 6.72. The predicted octanol–water partition coefficient (Wildman–Crippen LogP) is 2.55. The van der Waals surface area contributed by atoms with Gasteiger partial charge in [-0.15, -0.1) is 0 Å². The summed E-state index contributed by atoms with van der Waals surface area (Å²) in [5.74, 6) is 0.0153. The first-order valence-electron chi connectivity index (χ1n) is 8.25. The summed E-state index contributed by atoms with van der Waals surface area (Å²) in [6.45, 7) is 6.79. The molecule has 2 aromatic heterocycles. The summed E-state index contributed by atoms with van der Waals surface area (Å²) >= 11 is 0. The van der Waals surface area contributed by atoms with Gasteiger partial charge in [0, 0.05) is 30.0 Å². The number of rotatable bonds is 6. The maximum atomic E-state index is 12.7. The molecule has 136 valence electrons. The molecule has 25 heavy (non-hydrogen) atoms. The maximum Gasteiger partial charge on any atom is 0.248 e. The summed E-state index contributed by atoms with van der Waals surface area (Å²) in [6, 6.07) is 2.33. The van der Waals surface area contributed by atoms with Gasteiger partial charge in [-0.1, -0.05) is 5.16 Å². The highest BCUT2D eigenvalue weighted by molar-refractivity contribution is 7.89. The number of likely N-dealkylation sites (N-methyl/N-ethyl adjacent to an activating group) is 1. The van der Waals surface area contributed by atoms with E-state index in [1.165, 1.54) is 7.05 Å². The molecule has 0 aliphatic heterocycles. The average Bonchev–Trinajstić information content (AvgIpc) is 3.22. The summed E-state index contributed by atoms with van der Waals surface area (Å²) < 4.78 is 33.7. The molecule has 0 atom stereocenters. The van der Waals surface area contributed by atoms with E-state index in [-0.39, 0.29) is 23.0 Å². The normalized spacial score (nSPS) is 15.1. The monoisotopic (exact) mass is 365 g/mol. The first-order chi connectivity index (χ1) is 11.6. The quantitative estimate of drug-likeness (QED) is 0.735. The number of nitrogens with zero attached hydrogens (tertiary/aromatic N) is 3. The van der Waals surface area contributed by atoms with E-state index >= 15 is 0 Å². The molecule has 8 heteroatoms. The summed E-state index contributed by atoms with van der Waals surface area (Å²) in [5, 5.41) is 3.69. The Hall–Kier alpha value is -1.93. The van der Waals surface area contributed by atoms with Gasteiger partial charge < -0.3 is 9.09 Å². The van der Waals surface area contributed by atoms with Crippen LogP contribution in [-0.4, -0.2) is 41.8 Å². The number of carbonyl (C=O) groups excluding carboxylic acids is 1. The molecule has 1 aliphatic carbocycles. The van der Waals surface area contributed by atoms with Crippen molar-refractivity contribution >= 4 is 15.8 Å². The third kappa shape index (κ3) is 3.04. The standard InChI is InChI=1S/C17H23N3O4S/c1-10-8-15(12(3)20(10)14-6-7-14)16(21)9-19(5)25(22,23)17-11(2)18-24-13(17)4/h8,14H,6-7,9H2,1-5H3. The molecule has 1 saturated carbocycles. The molecule has 0 saturated heterocycles. The van der Waals surface area contributed by atoms with Crippen molar-refractivity contribution in [3.8, 4) is 0 Å². The first kappa shape index (κ1) is 17.9. The van der Waals surface area contributed by atoms with Gasteiger partial charge in [0.1, 0.15) is 10.6 Å². The largest absolute Gasteiger partial charge is 0.360 e. The minimum atomic E-state index is -3.83. The highest BCUT2D eigenvalue weighted by atomic mass is 32.2. The molecular weight excluding hydrogens is 342 g/mol. The molecule has 0 amide bonds. The lowest BCUT2D eigenvalue weighted by atomic mass is 10.1. The van der Waals surface area contributed by atoms with Crippen molar-refractivity contribution < 1.29 is 17.7 Å². The van der Waals surface area contributed by atoms with Crippen LogP contribution in [0.4, 0.5) is 0 Å². The molecule has 0 unspecified atom stereocenters. The van der Waals surface area contributed by atoms with E-state index in [1.54, 1.807) is 13.8 Å². The lowest BCUT2D eigenvalue weighted by Gasteiger charge is -2.16. The van der Waals surface area contributed by atoms with E-state index < -0.39 is 10.0 Å². The van der Waals surface area contributed by atoms with Crippen molar-refractivity contribution in [1.82, 2.24) is 14.0 Å². The third-order valence-electron chi connectivity index (χ3n) is 4.70. The molecular formula is C17H23N3O4S. The van der Waals surface area contributed by atoms with Gasteiger partial charge in [0.2, 0.25) is 10.0 Å². The van der Waals surface area contributed by atoms with Gasteiger partial charge in [0.25, 0.3) is 0 Å². The zero-order valence-electron chi connectivity index (χ0n) is 15.2. The Labute approximate surface area is 147 Å². The summed E-state index contributed by atoms with van der Waals surface area (Å²) in [4.78, 5) is 12.7. The molecule has 3 rings (SSSR count). The molecule has 2 aromatic rings. The van der Waals surface area contributed by atoms with Gasteiger partial charge in [0.15, 0.2) is 11.5 Å². The van der Waals surface area contributed by atoms with Crippen LogP contribution in [0.2, 0.25) is 0 Å². The Morgan fingerprint density at radius 1 is 1.32 bits per heavy atom. The van der Waals surface area contributed by atoms with E-state index in [2.05, 4.69) is 9.72 Å². The van der Waals surface area contributed by atoms with Gasteiger partial charge in [-0.2, -0.15) is 4.31 Å². The number of hydrogen-bond acceptors (Lipinski definition) is 5. The molecule has 2 heterocycles. The second-order valence-corrected chi connectivity index (χ2v) is 8.71. The number of ketones is 1. The molecule has 0 bridgehead atoms. The summed E-state index contributed by atoms with van der Waals surface area (Å²) in [6.07, 6.45) is 2.26. The zero-order valence-corrected chi connectivity index (χ0v) is 16.0. The van der Waals surface area contributed by atoms with Gasteiger partial charge in [-0.3, -0.25) is 4.79 Å². The van der Waals surface area contributed by atoms with Crippen molar-refractivity contribution in [3.63, 3.8) is 0 Å². The lowest BCUT2D eigenvalue weighted by Crippen LogP contribution is -2.33. The molecule has 7 nitrogen and oxygen atoms in total. The Morgan fingerprint density at radius 3 is 2.48 bits per heavy atom. The van der Waals surface area contributed by atoms with Crippen LogP contribution in [0.1, 0.15) is 52.1 Å². The van der Waals surface area contributed by atoms with Crippen LogP contribution in [0.15, 0.2) is 15.5 Å². The van der Waals surface area contributed by atoms with Gasteiger partial charge in [-0.05, 0) is 46.6 Å². The van der Waals surface area contributed by atoms with Crippen molar-refractivity contribution in [2.75, 3.05) is 13.6 Å². The predicted molar refractivity (Wildman–Crippen MR) is 92.3 cm³/mol. The summed E-state index contributed by atoms with van der Waals surface area (Å²) in [7, 11) is -2.43. The Bertz CT molecular complexity index is 916. The van der Waals surface area contributed by atoms with Gasteiger partial charge >= 0.3 is 0 Å². The van der Waals surface area contributed by atoms with Crippen LogP contribution in [0, 0.1) is 27.7 Å². The van der Waals surface area contributed by atoms with Crippen LogP contribution in [0.5, 0.6) is 0 Å². The van der Waals surface area contributed by atoms with Gasteiger partial charge in [-0.25, -0.2) is 8.42 Å². The minimum Gasteiger partial charge on any atom is -0.360 e. The third-order valence-corrected chi connectivity index (χ3v) is 6.75. The Balaban J connectivity index is 1.85. The van der Waals surface area contributed by atoms with E-state index in [1.807, 2.05) is 19.9 Å². The number of hydrogen-bond donors (Lipinski definition) is 0. The number of aromatic nitrogens is 2. The molecule has 0 radical (unpaired) electrons. The zero-order chi connectivity index (χ0) is 18.5. The highest BCUT2D eigenvalue weighted by Crippen LogP contribution is 2.38. The maximum absolute atomic E-state index is 12.7. The van der Waals surface area contributed by atoms with E-state index in [0.717, 1.165) is 28.5 Å². The molecule has 1 aliphatic rings. The van der Waals surface area contributed by atoms with Crippen LogP contribution in [0.25, 0.3) is 0 Å². The number of sulfonamides is 1. The van der Waals surface area contributed by atoms with Gasteiger partial charge in [0.05, 0.1) is 6.54 Å². The smallest absolute Gasteiger partial charge is 0.248 e. The Morgan fingerprint density at radius 2 is 1.96 bits per heavy atom.